The number of hydrogen-bond acceptors (Lipinski definition) is 3. The second-order valence-electron chi connectivity index (χ2n) is 3.55. The number of nitrogens with one attached hydrogen (secondary N) is 1. The van der Waals surface area contributed by atoms with Gasteiger partial charge in [-0.2, -0.15) is 0 Å². The third-order valence-electron chi connectivity index (χ3n) is 2.30. The molecule has 0 fully saturated rings. The van der Waals surface area contributed by atoms with E-state index < -0.39 is 0 Å². The van der Waals surface area contributed by atoms with E-state index in [1.165, 1.54) is 12.4 Å². The smallest absolute Gasteiger partial charge is 0.255 e. The number of aromatic nitrogens is 2. The third-order valence-corrected chi connectivity index (χ3v) is 2.30. The molecule has 1 aromatic heterocycles. The Morgan fingerprint density at radius 2 is 1.89 bits per heavy atom. The molecule has 0 atom stereocenters. The van der Waals surface area contributed by atoms with E-state index in [1.54, 1.807) is 0 Å². The van der Waals surface area contributed by atoms with Crippen molar-refractivity contribution in [2.45, 2.75) is 0 Å². The van der Waals surface area contributed by atoms with Gasteiger partial charge in [0.1, 0.15) is 0 Å². The van der Waals surface area contributed by atoms with Crippen molar-refractivity contribution >= 4 is 5.91 Å². The van der Waals surface area contributed by atoms with E-state index >= 15 is 0 Å². The number of hydrogen-bond donors (Lipinski definition) is 1. The van der Waals surface area contributed by atoms with Gasteiger partial charge >= 0.3 is 0 Å². The maximum atomic E-state index is 11.6. The normalized spacial score (nSPS) is 9.50. The van der Waals surface area contributed by atoms with Gasteiger partial charge < -0.3 is 5.32 Å². The van der Waals surface area contributed by atoms with Gasteiger partial charge in [-0.15, -0.1) is 6.42 Å². The summed E-state index contributed by atoms with van der Waals surface area (Å²) >= 11 is 0. The van der Waals surface area contributed by atoms with Crippen LogP contribution in [0.1, 0.15) is 10.4 Å². The molecule has 2 aromatic rings. The number of nitrogens with zero attached hydrogens (tertiary/aromatic N) is 2. The highest BCUT2D eigenvalue weighted by Gasteiger charge is 2.06. The van der Waals surface area contributed by atoms with Crippen molar-refractivity contribution in [1.82, 2.24) is 15.3 Å². The van der Waals surface area contributed by atoms with Crippen LogP contribution in [0.25, 0.3) is 11.4 Å². The van der Waals surface area contributed by atoms with Crippen LogP contribution in [-0.4, -0.2) is 22.4 Å². The number of rotatable bonds is 3. The van der Waals surface area contributed by atoms with Crippen molar-refractivity contribution in [2.75, 3.05) is 6.54 Å². The van der Waals surface area contributed by atoms with Gasteiger partial charge in [-0.05, 0) is 0 Å². The highest BCUT2D eigenvalue weighted by atomic mass is 16.1. The summed E-state index contributed by atoms with van der Waals surface area (Å²) in [5, 5.41) is 2.55. The van der Waals surface area contributed by atoms with E-state index in [9.17, 15) is 4.79 Å². The van der Waals surface area contributed by atoms with Crippen molar-refractivity contribution in [3.05, 3.63) is 48.3 Å². The van der Waals surface area contributed by atoms with Crippen molar-refractivity contribution in [1.29, 1.82) is 0 Å². The van der Waals surface area contributed by atoms with Gasteiger partial charge in [0.25, 0.3) is 5.91 Å². The Kier molecular flexibility index (Phi) is 3.67. The fraction of sp³-hybridized carbons (Fsp3) is 0.0714. The molecule has 4 nitrogen and oxygen atoms in total. The second-order valence-corrected chi connectivity index (χ2v) is 3.55. The minimum absolute atomic E-state index is 0.194. The summed E-state index contributed by atoms with van der Waals surface area (Å²) in [5.74, 6) is 2.65. The zero-order valence-electron chi connectivity index (χ0n) is 9.63. The summed E-state index contributed by atoms with van der Waals surface area (Å²) < 4.78 is 0. The van der Waals surface area contributed by atoms with Crippen LogP contribution in [0.15, 0.2) is 42.7 Å². The average molecular weight is 237 g/mol. The maximum Gasteiger partial charge on any atom is 0.255 e. The largest absolute Gasteiger partial charge is 0.341 e. The predicted molar refractivity (Wildman–Crippen MR) is 68.6 cm³/mol. The van der Waals surface area contributed by atoms with Crippen molar-refractivity contribution in [3.63, 3.8) is 0 Å². The first-order valence-electron chi connectivity index (χ1n) is 5.40. The molecule has 0 unspecified atom stereocenters. The highest BCUT2D eigenvalue weighted by Crippen LogP contribution is 2.12. The van der Waals surface area contributed by atoms with E-state index in [0.29, 0.717) is 11.4 Å². The van der Waals surface area contributed by atoms with Crippen LogP contribution in [0, 0.1) is 12.3 Å². The molecule has 0 saturated carbocycles. The first-order valence-corrected chi connectivity index (χ1v) is 5.40. The standard InChI is InChI=1S/C14H11N3O/c1-2-8-15-14(18)12-9-16-13(17-10-12)11-6-4-3-5-7-11/h1,3-7,9-10H,8H2,(H,15,18). The second kappa shape index (κ2) is 5.60. The fourth-order valence-electron chi connectivity index (χ4n) is 1.41. The van der Waals surface area contributed by atoms with Crippen molar-refractivity contribution in [3.8, 4) is 23.7 Å². The monoisotopic (exact) mass is 237 g/mol. The molecule has 88 valence electrons. The van der Waals surface area contributed by atoms with E-state index in [2.05, 4.69) is 21.2 Å². The van der Waals surface area contributed by atoms with Crippen LogP contribution >= 0.6 is 0 Å². The molecule has 18 heavy (non-hydrogen) atoms. The quantitative estimate of drug-likeness (QED) is 0.823. The van der Waals surface area contributed by atoms with Crippen LogP contribution < -0.4 is 5.32 Å². The molecule has 4 heteroatoms. The Hall–Kier alpha value is -2.67. The number of carbonyl (C=O) groups excluding carboxylic acids is 1. The minimum Gasteiger partial charge on any atom is -0.341 e. The summed E-state index contributed by atoms with van der Waals surface area (Å²) in [5.41, 5.74) is 1.30. The van der Waals surface area contributed by atoms with Crippen LogP contribution in [0.4, 0.5) is 0 Å². The molecule has 0 aliphatic rings. The Balaban J connectivity index is 2.16. The molecule has 0 radical (unpaired) electrons. The molecule has 0 saturated heterocycles. The zero-order chi connectivity index (χ0) is 12.8. The number of amides is 1. The molecule has 1 N–H and O–H groups in total. The fourth-order valence-corrected chi connectivity index (χ4v) is 1.41. The molecule has 0 aliphatic carbocycles. The number of carbonyl (C=O) groups is 1. The summed E-state index contributed by atoms with van der Waals surface area (Å²) in [6, 6.07) is 9.56. The summed E-state index contributed by atoms with van der Waals surface area (Å²) in [4.78, 5) is 19.9. The molecule has 0 bridgehead atoms. The van der Waals surface area contributed by atoms with E-state index in [1.807, 2.05) is 30.3 Å². The van der Waals surface area contributed by atoms with Crippen molar-refractivity contribution in [2.24, 2.45) is 0 Å². The Morgan fingerprint density at radius 3 is 2.50 bits per heavy atom. The predicted octanol–water partition coefficient (Wildman–Crippen LogP) is 1.51. The lowest BCUT2D eigenvalue weighted by atomic mass is 10.2. The molecule has 1 heterocycles. The van der Waals surface area contributed by atoms with Crippen LogP contribution in [0.3, 0.4) is 0 Å². The lowest BCUT2D eigenvalue weighted by Gasteiger charge is -2.02. The molecule has 1 amide bonds. The molecule has 2 rings (SSSR count). The minimum atomic E-state index is -0.271. The van der Waals surface area contributed by atoms with Crippen LogP contribution in [0.2, 0.25) is 0 Å². The van der Waals surface area contributed by atoms with Gasteiger partial charge in [-0.25, -0.2) is 9.97 Å². The Bertz CT molecular complexity index is 570. The van der Waals surface area contributed by atoms with Crippen LogP contribution in [0.5, 0.6) is 0 Å². The molecule has 0 spiro atoms. The molecule has 1 aromatic carbocycles. The summed E-state index contributed by atoms with van der Waals surface area (Å²) in [7, 11) is 0. The van der Waals surface area contributed by atoms with Gasteiger partial charge in [-0.3, -0.25) is 4.79 Å². The SMILES string of the molecule is C#CCNC(=O)c1cnc(-c2ccccc2)nc1. The van der Waals surface area contributed by atoms with Gasteiger partial charge in [0.15, 0.2) is 5.82 Å². The molecule has 0 aliphatic heterocycles. The van der Waals surface area contributed by atoms with Gasteiger partial charge in [0.05, 0.1) is 12.1 Å². The summed E-state index contributed by atoms with van der Waals surface area (Å²) in [6.45, 7) is 0.194. The van der Waals surface area contributed by atoms with E-state index in [0.717, 1.165) is 5.56 Å². The van der Waals surface area contributed by atoms with Gasteiger partial charge in [0.2, 0.25) is 0 Å². The lowest BCUT2D eigenvalue weighted by molar-refractivity contribution is 0.0958. The van der Waals surface area contributed by atoms with Gasteiger partial charge in [-0.1, -0.05) is 36.3 Å². The van der Waals surface area contributed by atoms with Crippen LogP contribution in [-0.2, 0) is 0 Å². The molecular formula is C14H11N3O. The molecular weight excluding hydrogens is 226 g/mol. The van der Waals surface area contributed by atoms with Gasteiger partial charge in [0, 0.05) is 18.0 Å². The third kappa shape index (κ3) is 2.71. The summed E-state index contributed by atoms with van der Waals surface area (Å²) in [6.07, 6.45) is 8.03. The number of benzene rings is 1. The first-order chi connectivity index (χ1) is 8.81. The lowest BCUT2D eigenvalue weighted by Crippen LogP contribution is -2.23. The van der Waals surface area contributed by atoms with E-state index in [4.69, 9.17) is 6.42 Å². The number of terminal acetylenes is 1. The Morgan fingerprint density at radius 1 is 1.22 bits per heavy atom. The zero-order valence-corrected chi connectivity index (χ0v) is 9.63. The highest BCUT2D eigenvalue weighted by molar-refractivity contribution is 5.93. The topological polar surface area (TPSA) is 54.9 Å². The van der Waals surface area contributed by atoms with E-state index in [-0.39, 0.29) is 12.5 Å². The van der Waals surface area contributed by atoms with Crippen molar-refractivity contribution < 1.29 is 4.79 Å². The Labute approximate surface area is 105 Å². The first kappa shape index (κ1) is 11.8. The average Bonchev–Trinajstić information content (AvgIpc) is 2.46. The maximum absolute atomic E-state index is 11.6.